The number of rotatable bonds is 10. The van der Waals surface area contributed by atoms with Crippen LogP contribution in [0.4, 0.5) is 57.1 Å². The zero-order valence-electron chi connectivity index (χ0n) is 13.6. The molecule has 0 radical (unpaired) electrons. The van der Waals surface area contributed by atoms with E-state index in [1.165, 1.54) is 12.2 Å². The van der Waals surface area contributed by atoms with Crippen LogP contribution in [0, 0.1) is 0 Å². The molecule has 0 heterocycles. The first-order chi connectivity index (χ1) is 11.8. The van der Waals surface area contributed by atoms with Gasteiger partial charge in [0.1, 0.15) is 0 Å². The van der Waals surface area contributed by atoms with E-state index in [0.29, 0.717) is 12.8 Å². The minimum atomic E-state index is -7.83. The van der Waals surface area contributed by atoms with Gasteiger partial charge in [-0.1, -0.05) is 25.5 Å². The summed E-state index contributed by atoms with van der Waals surface area (Å²) in [4.78, 5) is 0. The van der Waals surface area contributed by atoms with E-state index >= 15 is 0 Å². The molecule has 0 N–H and O–H groups in total. The summed E-state index contributed by atoms with van der Waals surface area (Å²) in [5.74, 6) is -36.3. The summed E-state index contributed by atoms with van der Waals surface area (Å²) in [5.41, 5.74) is 0. The highest BCUT2D eigenvalue weighted by molar-refractivity contribution is 5.10. The maximum absolute atomic E-state index is 13.4. The summed E-state index contributed by atoms with van der Waals surface area (Å²) in [6.45, 7) is 1.73. The first-order valence-corrected chi connectivity index (χ1v) is 7.42. The summed E-state index contributed by atoms with van der Waals surface area (Å²) in [6.07, 6.45) is -7.05. The topological polar surface area (TPSA) is 0 Å². The molecule has 0 aromatic rings. The van der Waals surface area contributed by atoms with Crippen molar-refractivity contribution in [3.63, 3.8) is 0 Å². The highest BCUT2D eigenvalue weighted by Gasteiger charge is 2.90. The largest absolute Gasteiger partial charge is 0.460 e. The van der Waals surface area contributed by atoms with Crippen molar-refractivity contribution in [3.8, 4) is 0 Å². The van der Waals surface area contributed by atoms with E-state index in [1.54, 1.807) is 6.92 Å². The van der Waals surface area contributed by atoms with E-state index in [2.05, 4.69) is 0 Å². The number of hydrogen-bond acceptors (Lipinski definition) is 0. The van der Waals surface area contributed by atoms with Crippen LogP contribution >= 0.6 is 0 Å². The lowest BCUT2D eigenvalue weighted by molar-refractivity contribution is -0.440. The Morgan fingerprint density at radius 1 is 0.556 bits per heavy atom. The molecule has 0 atom stereocenters. The van der Waals surface area contributed by atoms with Crippen molar-refractivity contribution in [3.05, 3.63) is 12.2 Å². The van der Waals surface area contributed by atoms with Gasteiger partial charge in [0, 0.05) is 6.42 Å². The van der Waals surface area contributed by atoms with Crippen molar-refractivity contribution < 1.29 is 57.1 Å². The molecule has 0 fully saturated rings. The van der Waals surface area contributed by atoms with Crippen LogP contribution in [0.25, 0.3) is 0 Å². The van der Waals surface area contributed by atoms with E-state index < -0.39 is 48.6 Å². The van der Waals surface area contributed by atoms with Crippen LogP contribution in [-0.2, 0) is 0 Å². The average Bonchev–Trinajstić information content (AvgIpc) is 2.48. The van der Waals surface area contributed by atoms with Crippen LogP contribution in [0.5, 0.6) is 0 Å². The Morgan fingerprint density at radius 3 is 1.37 bits per heavy atom. The molecular formula is C14H15F13. The number of alkyl halides is 13. The highest BCUT2D eigenvalue weighted by Crippen LogP contribution is 2.60. The molecule has 0 aliphatic carbocycles. The minimum absolute atomic E-state index is 0.355. The third-order valence-corrected chi connectivity index (χ3v) is 3.48. The molecule has 0 unspecified atom stereocenters. The SMILES string of the molecule is CCCC=CCCCC(F)(F)C(F)(F)C(F)(F)C(F)(F)C(F)(F)C(F)(F)F. The molecule has 0 amide bonds. The fourth-order valence-corrected chi connectivity index (χ4v) is 1.80. The summed E-state index contributed by atoms with van der Waals surface area (Å²) >= 11 is 0. The van der Waals surface area contributed by atoms with Crippen LogP contribution in [0.2, 0.25) is 0 Å². The molecule has 0 aliphatic heterocycles. The number of hydrogen-bond donors (Lipinski definition) is 0. The predicted molar refractivity (Wildman–Crippen MR) is 68.7 cm³/mol. The summed E-state index contributed by atoms with van der Waals surface area (Å²) in [7, 11) is 0. The van der Waals surface area contributed by atoms with Gasteiger partial charge in [0.2, 0.25) is 0 Å². The third kappa shape index (κ3) is 4.64. The summed E-state index contributed by atoms with van der Waals surface area (Å²) in [5, 5.41) is 0. The Kier molecular flexibility index (Phi) is 7.71. The van der Waals surface area contributed by atoms with E-state index in [-0.39, 0.29) is 6.42 Å². The Hall–Kier alpha value is -1.17. The van der Waals surface area contributed by atoms with Gasteiger partial charge in [-0.3, -0.25) is 0 Å². The van der Waals surface area contributed by atoms with Gasteiger partial charge >= 0.3 is 35.8 Å². The molecular weight excluding hydrogens is 415 g/mol. The molecule has 0 saturated heterocycles. The van der Waals surface area contributed by atoms with Crippen LogP contribution in [-0.4, -0.2) is 35.8 Å². The highest BCUT2D eigenvalue weighted by atomic mass is 19.4. The van der Waals surface area contributed by atoms with E-state index in [0.717, 1.165) is 0 Å². The van der Waals surface area contributed by atoms with E-state index in [4.69, 9.17) is 0 Å². The van der Waals surface area contributed by atoms with Crippen LogP contribution in [0.1, 0.15) is 39.0 Å². The Bertz CT molecular complexity index is 502. The average molecular weight is 430 g/mol. The molecule has 0 bridgehead atoms. The van der Waals surface area contributed by atoms with Crippen molar-refractivity contribution in [2.75, 3.05) is 0 Å². The normalized spacial score (nSPS) is 15.6. The molecule has 0 aromatic carbocycles. The van der Waals surface area contributed by atoms with Gasteiger partial charge in [0.05, 0.1) is 0 Å². The first kappa shape index (κ1) is 25.8. The van der Waals surface area contributed by atoms with Crippen LogP contribution in [0.15, 0.2) is 12.2 Å². The molecule has 0 spiro atoms. The lowest BCUT2D eigenvalue weighted by Crippen LogP contribution is -2.70. The number of unbranched alkanes of at least 4 members (excludes halogenated alkanes) is 2. The fraction of sp³-hybridized carbons (Fsp3) is 0.857. The zero-order chi connectivity index (χ0) is 21.9. The van der Waals surface area contributed by atoms with Crippen LogP contribution in [0.3, 0.4) is 0 Å². The molecule has 0 aliphatic rings. The standard InChI is InChI=1S/C14H15F13/c1-2-3-4-5-6-7-8-9(15,16)10(17,18)11(19,20)12(21,22)13(23,24)14(25,26)27/h4-5H,2-3,6-8H2,1H3. The molecule has 0 rings (SSSR count). The molecule has 27 heavy (non-hydrogen) atoms. The van der Waals surface area contributed by atoms with E-state index in [9.17, 15) is 57.1 Å². The van der Waals surface area contributed by atoms with Crippen molar-refractivity contribution in [1.29, 1.82) is 0 Å². The van der Waals surface area contributed by atoms with Crippen molar-refractivity contribution in [1.82, 2.24) is 0 Å². The van der Waals surface area contributed by atoms with Crippen LogP contribution < -0.4 is 0 Å². The van der Waals surface area contributed by atoms with E-state index in [1.807, 2.05) is 0 Å². The molecule has 0 saturated carbocycles. The minimum Gasteiger partial charge on any atom is -0.200 e. The quantitative estimate of drug-likeness (QED) is 0.195. The Morgan fingerprint density at radius 2 is 0.963 bits per heavy atom. The van der Waals surface area contributed by atoms with Gasteiger partial charge in [0.15, 0.2) is 0 Å². The van der Waals surface area contributed by atoms with Gasteiger partial charge in [0.25, 0.3) is 0 Å². The maximum atomic E-state index is 13.4. The lowest BCUT2D eigenvalue weighted by atomic mass is 9.91. The summed E-state index contributed by atoms with van der Waals surface area (Å²) < 4.78 is 167. The molecule has 0 nitrogen and oxygen atoms in total. The third-order valence-electron chi connectivity index (χ3n) is 3.48. The predicted octanol–water partition coefficient (Wildman–Crippen LogP) is 7.25. The molecule has 13 heteroatoms. The van der Waals surface area contributed by atoms with Gasteiger partial charge in [-0.25, -0.2) is 0 Å². The monoisotopic (exact) mass is 430 g/mol. The lowest BCUT2D eigenvalue weighted by Gasteiger charge is -2.39. The van der Waals surface area contributed by atoms with Gasteiger partial charge in [-0.05, 0) is 19.3 Å². The number of halogens is 13. The van der Waals surface area contributed by atoms with Gasteiger partial charge < -0.3 is 0 Å². The first-order valence-electron chi connectivity index (χ1n) is 7.42. The fourth-order valence-electron chi connectivity index (χ4n) is 1.80. The second-order valence-corrected chi connectivity index (χ2v) is 5.65. The van der Waals surface area contributed by atoms with Crippen molar-refractivity contribution >= 4 is 0 Å². The second-order valence-electron chi connectivity index (χ2n) is 5.65. The van der Waals surface area contributed by atoms with Gasteiger partial charge in [-0.15, -0.1) is 0 Å². The molecule has 162 valence electrons. The zero-order valence-corrected chi connectivity index (χ0v) is 13.6. The smallest absolute Gasteiger partial charge is 0.200 e. The number of allylic oxidation sites excluding steroid dienone is 2. The Labute approximate surface area is 145 Å². The molecule has 0 aromatic heterocycles. The second kappa shape index (κ2) is 8.06. The Balaban J connectivity index is 5.61. The van der Waals surface area contributed by atoms with Gasteiger partial charge in [-0.2, -0.15) is 57.1 Å². The van der Waals surface area contributed by atoms with Crippen molar-refractivity contribution in [2.45, 2.75) is 74.8 Å². The summed E-state index contributed by atoms with van der Waals surface area (Å²) in [6, 6.07) is 0. The maximum Gasteiger partial charge on any atom is 0.460 e. The van der Waals surface area contributed by atoms with Crippen molar-refractivity contribution in [2.24, 2.45) is 0 Å².